The van der Waals surface area contributed by atoms with Crippen LogP contribution in [0, 0.1) is 18.8 Å². The Balaban J connectivity index is 1.28. The molecular weight excluding hydrogens is 364 g/mol. The van der Waals surface area contributed by atoms with E-state index in [2.05, 4.69) is 26.4 Å². The number of tetrazole rings is 1. The highest BCUT2D eigenvalue weighted by atomic mass is 32.2. The van der Waals surface area contributed by atoms with Crippen molar-refractivity contribution in [3.05, 3.63) is 35.4 Å². The van der Waals surface area contributed by atoms with Gasteiger partial charge in [-0.15, -0.1) is 5.10 Å². The zero-order valence-corrected chi connectivity index (χ0v) is 15.9. The van der Waals surface area contributed by atoms with Crippen molar-refractivity contribution in [3.63, 3.8) is 0 Å². The average Bonchev–Trinajstić information content (AvgIpc) is 3.41. The number of hydrazine groups is 1. The maximum Gasteiger partial charge on any atom is 0.269 e. The van der Waals surface area contributed by atoms with Gasteiger partial charge >= 0.3 is 0 Å². The molecule has 2 aromatic rings. The lowest BCUT2D eigenvalue weighted by molar-refractivity contribution is -0.119. The molecule has 0 unspecified atom stereocenters. The standard InChI is InChI=1S/C18H22N6O2S/c1-11-4-2-3-5-14(11)17(26)20-19-16(25)10-27-18-21-22-23-24(18)15-9-12-6-7-13(15)8-12/h2-5,12-13,15H,6-10H2,1H3,(H,19,25)(H,20,26)/t12-,13+,15+/m0/s1. The molecule has 0 spiro atoms. The third kappa shape index (κ3) is 3.83. The van der Waals surface area contributed by atoms with Crippen LogP contribution in [0.25, 0.3) is 0 Å². The first-order valence-electron chi connectivity index (χ1n) is 9.17. The Morgan fingerprint density at radius 3 is 2.81 bits per heavy atom. The summed E-state index contributed by atoms with van der Waals surface area (Å²) in [5.74, 6) is 0.944. The van der Waals surface area contributed by atoms with Crippen LogP contribution in [-0.4, -0.2) is 37.8 Å². The number of benzene rings is 1. The molecule has 0 aliphatic heterocycles. The number of thioether (sulfide) groups is 1. The van der Waals surface area contributed by atoms with Crippen molar-refractivity contribution in [2.75, 3.05) is 5.75 Å². The largest absolute Gasteiger partial charge is 0.272 e. The molecule has 2 bridgehead atoms. The summed E-state index contributed by atoms with van der Waals surface area (Å²) in [5.41, 5.74) is 6.28. The van der Waals surface area contributed by atoms with Crippen molar-refractivity contribution < 1.29 is 9.59 Å². The van der Waals surface area contributed by atoms with E-state index >= 15 is 0 Å². The first-order chi connectivity index (χ1) is 13.1. The smallest absolute Gasteiger partial charge is 0.269 e. The van der Waals surface area contributed by atoms with Gasteiger partial charge in [-0.2, -0.15) is 0 Å². The summed E-state index contributed by atoms with van der Waals surface area (Å²) in [4.78, 5) is 24.2. The number of carbonyl (C=O) groups is 2. The zero-order chi connectivity index (χ0) is 18.8. The monoisotopic (exact) mass is 386 g/mol. The molecule has 2 N–H and O–H groups in total. The Morgan fingerprint density at radius 2 is 2.07 bits per heavy atom. The molecule has 2 amide bonds. The van der Waals surface area contributed by atoms with Gasteiger partial charge in [0.1, 0.15) is 0 Å². The molecule has 2 aliphatic rings. The van der Waals surface area contributed by atoms with Crippen molar-refractivity contribution in [1.82, 2.24) is 31.1 Å². The summed E-state index contributed by atoms with van der Waals surface area (Å²) < 4.78 is 1.88. The minimum atomic E-state index is -0.335. The molecule has 0 radical (unpaired) electrons. The first kappa shape index (κ1) is 18.0. The van der Waals surface area contributed by atoms with Gasteiger partial charge in [0.2, 0.25) is 11.1 Å². The fourth-order valence-electron chi connectivity index (χ4n) is 4.19. The van der Waals surface area contributed by atoms with Crippen LogP contribution in [0.5, 0.6) is 0 Å². The predicted octanol–water partition coefficient (Wildman–Crippen LogP) is 1.90. The number of amides is 2. The molecule has 2 fully saturated rings. The van der Waals surface area contributed by atoms with Gasteiger partial charge in [-0.05, 0) is 60.1 Å². The molecule has 9 heteroatoms. The van der Waals surface area contributed by atoms with Crippen LogP contribution in [0.3, 0.4) is 0 Å². The normalized spacial score (nSPS) is 23.4. The van der Waals surface area contributed by atoms with Crippen LogP contribution in [0.2, 0.25) is 0 Å². The van der Waals surface area contributed by atoms with E-state index in [4.69, 9.17) is 0 Å². The summed E-state index contributed by atoms with van der Waals surface area (Å²) in [5, 5.41) is 12.7. The fraction of sp³-hybridized carbons (Fsp3) is 0.500. The van der Waals surface area contributed by atoms with Crippen LogP contribution in [-0.2, 0) is 4.79 Å². The van der Waals surface area contributed by atoms with Gasteiger partial charge in [0.25, 0.3) is 5.91 Å². The Labute approximate surface area is 161 Å². The van der Waals surface area contributed by atoms with Gasteiger partial charge in [0.15, 0.2) is 0 Å². The van der Waals surface area contributed by atoms with E-state index in [-0.39, 0.29) is 17.6 Å². The van der Waals surface area contributed by atoms with Gasteiger partial charge in [0.05, 0.1) is 11.8 Å². The molecule has 4 rings (SSSR count). The summed E-state index contributed by atoms with van der Waals surface area (Å²) in [6.07, 6.45) is 4.95. The number of fused-ring (bicyclic) bond motifs is 2. The Hall–Kier alpha value is -2.42. The number of nitrogens with one attached hydrogen (secondary N) is 2. The number of aryl methyl sites for hydroxylation is 1. The predicted molar refractivity (Wildman–Crippen MR) is 99.8 cm³/mol. The summed E-state index contributed by atoms with van der Waals surface area (Å²) >= 11 is 1.29. The third-order valence-electron chi connectivity index (χ3n) is 5.52. The lowest BCUT2D eigenvalue weighted by Crippen LogP contribution is -2.42. The molecule has 27 heavy (non-hydrogen) atoms. The van der Waals surface area contributed by atoms with Gasteiger partial charge in [-0.1, -0.05) is 36.4 Å². The molecule has 1 aromatic carbocycles. The molecule has 142 valence electrons. The summed E-state index contributed by atoms with van der Waals surface area (Å²) in [6.45, 7) is 1.85. The molecule has 0 saturated heterocycles. The van der Waals surface area contributed by atoms with E-state index in [1.54, 1.807) is 12.1 Å². The topological polar surface area (TPSA) is 102 Å². The minimum Gasteiger partial charge on any atom is -0.272 e. The van der Waals surface area contributed by atoms with Crippen molar-refractivity contribution in [1.29, 1.82) is 0 Å². The van der Waals surface area contributed by atoms with Crippen LogP contribution < -0.4 is 10.9 Å². The maximum absolute atomic E-state index is 12.1. The second kappa shape index (κ2) is 7.67. The minimum absolute atomic E-state index is 0.134. The molecule has 1 heterocycles. The lowest BCUT2D eigenvalue weighted by Gasteiger charge is -2.22. The van der Waals surface area contributed by atoms with E-state index < -0.39 is 0 Å². The number of carbonyl (C=O) groups excluding carboxylic acids is 2. The van der Waals surface area contributed by atoms with E-state index in [0.717, 1.165) is 17.9 Å². The van der Waals surface area contributed by atoms with Crippen molar-refractivity contribution >= 4 is 23.6 Å². The number of rotatable bonds is 5. The second-order valence-electron chi connectivity index (χ2n) is 7.25. The van der Waals surface area contributed by atoms with E-state index in [9.17, 15) is 9.59 Å². The number of hydrogen-bond acceptors (Lipinski definition) is 6. The molecule has 2 aliphatic carbocycles. The van der Waals surface area contributed by atoms with Crippen LogP contribution >= 0.6 is 11.8 Å². The number of nitrogens with zero attached hydrogens (tertiary/aromatic N) is 4. The Morgan fingerprint density at radius 1 is 1.22 bits per heavy atom. The number of aromatic nitrogens is 4. The first-order valence-corrected chi connectivity index (χ1v) is 10.2. The molecule has 2 saturated carbocycles. The van der Waals surface area contributed by atoms with Crippen molar-refractivity contribution in [2.24, 2.45) is 11.8 Å². The van der Waals surface area contributed by atoms with Crippen molar-refractivity contribution in [3.8, 4) is 0 Å². The van der Waals surface area contributed by atoms with E-state index in [0.29, 0.717) is 22.7 Å². The van der Waals surface area contributed by atoms with Crippen LogP contribution in [0.1, 0.15) is 47.6 Å². The highest BCUT2D eigenvalue weighted by molar-refractivity contribution is 7.99. The van der Waals surface area contributed by atoms with Crippen molar-refractivity contribution in [2.45, 2.75) is 43.8 Å². The highest BCUT2D eigenvalue weighted by Crippen LogP contribution is 2.50. The van der Waals surface area contributed by atoms with E-state index in [1.807, 2.05) is 23.7 Å². The second-order valence-corrected chi connectivity index (χ2v) is 8.20. The third-order valence-corrected chi connectivity index (χ3v) is 6.45. The number of hydrogen-bond donors (Lipinski definition) is 2. The maximum atomic E-state index is 12.1. The Kier molecular flexibility index (Phi) is 5.11. The summed E-state index contributed by atoms with van der Waals surface area (Å²) in [6, 6.07) is 7.57. The lowest BCUT2D eigenvalue weighted by atomic mass is 9.96. The van der Waals surface area contributed by atoms with Gasteiger partial charge in [-0.3, -0.25) is 20.4 Å². The quantitative estimate of drug-likeness (QED) is 0.601. The van der Waals surface area contributed by atoms with E-state index in [1.165, 1.54) is 31.0 Å². The van der Waals surface area contributed by atoms with Gasteiger partial charge < -0.3 is 0 Å². The molecule has 3 atom stereocenters. The van der Waals surface area contributed by atoms with Crippen LogP contribution in [0.4, 0.5) is 0 Å². The average molecular weight is 386 g/mol. The van der Waals surface area contributed by atoms with Crippen LogP contribution in [0.15, 0.2) is 29.4 Å². The Bertz CT molecular complexity index is 854. The zero-order valence-electron chi connectivity index (χ0n) is 15.1. The summed E-state index contributed by atoms with van der Waals surface area (Å²) in [7, 11) is 0. The van der Waals surface area contributed by atoms with Gasteiger partial charge in [-0.25, -0.2) is 4.68 Å². The molecule has 8 nitrogen and oxygen atoms in total. The molecule has 1 aromatic heterocycles. The molecular formula is C18H22N6O2S. The SMILES string of the molecule is Cc1ccccc1C(=O)NNC(=O)CSc1nnnn1[C@@H]1C[C@H]2CC[C@@H]1C2. The highest BCUT2D eigenvalue weighted by Gasteiger charge is 2.42. The van der Waals surface area contributed by atoms with Gasteiger partial charge in [0, 0.05) is 5.56 Å². The fourth-order valence-corrected chi connectivity index (χ4v) is 4.92.